The van der Waals surface area contributed by atoms with Crippen molar-refractivity contribution in [2.45, 2.75) is 76.9 Å². The fourth-order valence-electron chi connectivity index (χ4n) is 2.21. The number of unbranched alkanes of at least 4 members (excludes halogenated alkanes) is 7. The van der Waals surface area contributed by atoms with E-state index in [-0.39, 0.29) is 12.2 Å². The quantitative estimate of drug-likeness (QED) is 0.340. The van der Waals surface area contributed by atoms with Crippen LogP contribution in [0.2, 0.25) is 0 Å². The number of hydrogen-bond donors (Lipinski definition) is 1. The Kier molecular flexibility index (Phi) is 10.7. The highest BCUT2D eigenvalue weighted by Gasteiger charge is 2.32. The van der Waals surface area contributed by atoms with Crippen molar-refractivity contribution in [3.8, 4) is 0 Å². The van der Waals surface area contributed by atoms with Gasteiger partial charge in [-0.15, -0.1) is 0 Å². The zero-order valence-corrected chi connectivity index (χ0v) is 13.5. The minimum absolute atomic E-state index is 0.0183. The lowest BCUT2D eigenvalue weighted by molar-refractivity contribution is -0.233. The van der Waals surface area contributed by atoms with Crippen molar-refractivity contribution in [1.29, 1.82) is 0 Å². The van der Waals surface area contributed by atoms with E-state index in [0.717, 1.165) is 19.3 Å². The molecule has 0 amide bonds. The molecule has 0 spiro atoms. The molecule has 0 aliphatic heterocycles. The minimum Gasteiger partial charge on any atom is -0.300 e. The Morgan fingerprint density at radius 3 is 1.95 bits per heavy atom. The first-order valence-corrected chi connectivity index (χ1v) is 9.28. The molecule has 0 aromatic carbocycles. The SMILES string of the molecule is CCCCCCCCCCS(=O)(=O)C(CC)C(=O)OO. The third kappa shape index (κ3) is 7.85. The molecule has 0 aliphatic carbocycles. The largest absolute Gasteiger partial charge is 0.360 e. The normalized spacial score (nSPS) is 13.2. The Morgan fingerprint density at radius 1 is 1.00 bits per heavy atom. The van der Waals surface area contributed by atoms with Crippen molar-refractivity contribution in [1.82, 2.24) is 0 Å². The van der Waals surface area contributed by atoms with Crippen LogP contribution in [0.3, 0.4) is 0 Å². The lowest BCUT2D eigenvalue weighted by Gasteiger charge is -2.12. The predicted octanol–water partition coefficient (Wildman–Crippen LogP) is 3.34. The summed E-state index contributed by atoms with van der Waals surface area (Å²) in [5.74, 6) is -1.10. The van der Waals surface area contributed by atoms with Gasteiger partial charge in [-0.1, -0.05) is 58.8 Å². The molecule has 0 aromatic heterocycles. The molecule has 0 saturated carbocycles. The molecule has 0 rings (SSSR count). The molecule has 5 nitrogen and oxygen atoms in total. The average Bonchev–Trinajstić information content (AvgIpc) is 2.41. The standard InChI is InChI=1S/C14H28O5S/c1-3-5-6-7-8-9-10-11-12-20(17,18)13(4-2)14(15)19-16/h13,16H,3-12H2,1-2H3. The molecule has 0 bridgehead atoms. The Hall–Kier alpha value is -0.620. The van der Waals surface area contributed by atoms with Crippen LogP contribution >= 0.6 is 0 Å². The third-order valence-corrected chi connectivity index (χ3v) is 5.69. The summed E-state index contributed by atoms with van der Waals surface area (Å²) in [7, 11) is -3.52. The van der Waals surface area contributed by atoms with Gasteiger partial charge in [0, 0.05) is 0 Å². The van der Waals surface area contributed by atoms with Crippen LogP contribution in [0.25, 0.3) is 0 Å². The molecule has 0 fully saturated rings. The van der Waals surface area contributed by atoms with Crippen molar-refractivity contribution in [2.24, 2.45) is 0 Å². The molecule has 1 unspecified atom stereocenters. The van der Waals surface area contributed by atoms with E-state index in [0.29, 0.717) is 6.42 Å². The second-order valence-corrected chi connectivity index (χ2v) is 7.45. The maximum absolute atomic E-state index is 11.9. The second kappa shape index (κ2) is 11.1. The van der Waals surface area contributed by atoms with E-state index >= 15 is 0 Å². The molecule has 20 heavy (non-hydrogen) atoms. The Labute approximate surface area is 122 Å². The van der Waals surface area contributed by atoms with Crippen LogP contribution in [0, 0.1) is 0 Å². The lowest BCUT2D eigenvalue weighted by Crippen LogP contribution is -2.32. The first-order valence-electron chi connectivity index (χ1n) is 7.56. The van der Waals surface area contributed by atoms with E-state index < -0.39 is 21.1 Å². The van der Waals surface area contributed by atoms with Gasteiger partial charge in [0.15, 0.2) is 15.1 Å². The van der Waals surface area contributed by atoms with Gasteiger partial charge in [0.05, 0.1) is 5.75 Å². The van der Waals surface area contributed by atoms with Crippen molar-refractivity contribution in [3.63, 3.8) is 0 Å². The molecule has 1 atom stereocenters. The molecule has 0 heterocycles. The molecular weight excluding hydrogens is 280 g/mol. The van der Waals surface area contributed by atoms with Crippen LogP contribution in [-0.2, 0) is 19.5 Å². The topological polar surface area (TPSA) is 80.7 Å². The maximum Gasteiger partial charge on any atom is 0.360 e. The molecular formula is C14H28O5S. The zero-order valence-electron chi connectivity index (χ0n) is 12.6. The first kappa shape index (κ1) is 19.4. The van der Waals surface area contributed by atoms with Gasteiger partial charge in [0.25, 0.3) is 0 Å². The molecule has 1 N–H and O–H groups in total. The number of sulfone groups is 1. The smallest absolute Gasteiger partial charge is 0.300 e. The summed E-state index contributed by atoms with van der Waals surface area (Å²) >= 11 is 0. The van der Waals surface area contributed by atoms with E-state index in [2.05, 4.69) is 11.8 Å². The van der Waals surface area contributed by atoms with Crippen LogP contribution in [-0.4, -0.2) is 30.6 Å². The number of carbonyl (C=O) groups excluding carboxylic acids is 1. The minimum atomic E-state index is -3.52. The lowest BCUT2D eigenvalue weighted by atomic mass is 10.1. The highest BCUT2D eigenvalue weighted by molar-refractivity contribution is 7.92. The number of carbonyl (C=O) groups is 1. The van der Waals surface area contributed by atoms with Crippen LogP contribution < -0.4 is 0 Å². The summed E-state index contributed by atoms with van der Waals surface area (Å²) in [6.07, 6.45) is 8.63. The summed E-state index contributed by atoms with van der Waals surface area (Å²) in [6.45, 7) is 3.76. The molecule has 120 valence electrons. The van der Waals surface area contributed by atoms with Crippen LogP contribution in [0.4, 0.5) is 0 Å². The van der Waals surface area contributed by atoms with Crippen LogP contribution in [0.1, 0.15) is 71.6 Å². The third-order valence-electron chi connectivity index (χ3n) is 3.44. The molecule has 0 radical (unpaired) electrons. The number of rotatable bonds is 12. The monoisotopic (exact) mass is 308 g/mol. The number of hydrogen-bond acceptors (Lipinski definition) is 5. The van der Waals surface area contributed by atoms with E-state index in [1.807, 2.05) is 0 Å². The predicted molar refractivity (Wildman–Crippen MR) is 79.2 cm³/mol. The molecule has 0 saturated heterocycles. The van der Waals surface area contributed by atoms with Gasteiger partial charge < -0.3 is 0 Å². The fourth-order valence-corrected chi connectivity index (χ4v) is 3.94. The average molecular weight is 308 g/mol. The van der Waals surface area contributed by atoms with Crippen molar-refractivity contribution >= 4 is 15.8 Å². The van der Waals surface area contributed by atoms with E-state index in [9.17, 15) is 13.2 Å². The van der Waals surface area contributed by atoms with Crippen molar-refractivity contribution in [2.75, 3.05) is 5.75 Å². The van der Waals surface area contributed by atoms with E-state index in [1.165, 1.54) is 25.7 Å². The van der Waals surface area contributed by atoms with Gasteiger partial charge in [-0.3, -0.25) is 4.89 Å². The summed E-state index contributed by atoms with van der Waals surface area (Å²) in [5.41, 5.74) is 0. The van der Waals surface area contributed by atoms with Crippen LogP contribution in [0.15, 0.2) is 0 Å². The van der Waals surface area contributed by atoms with Crippen molar-refractivity contribution in [3.05, 3.63) is 0 Å². The fraction of sp³-hybridized carbons (Fsp3) is 0.929. The maximum atomic E-state index is 11.9. The van der Waals surface area contributed by atoms with Gasteiger partial charge in [-0.2, -0.15) is 5.26 Å². The van der Waals surface area contributed by atoms with E-state index in [1.54, 1.807) is 6.92 Å². The summed E-state index contributed by atoms with van der Waals surface area (Å²) in [6, 6.07) is 0. The van der Waals surface area contributed by atoms with Gasteiger partial charge in [-0.25, -0.2) is 13.2 Å². The van der Waals surface area contributed by atoms with Crippen LogP contribution in [0.5, 0.6) is 0 Å². The highest BCUT2D eigenvalue weighted by Crippen LogP contribution is 2.13. The Morgan fingerprint density at radius 2 is 1.50 bits per heavy atom. The molecule has 0 aliphatic rings. The molecule has 6 heteroatoms. The van der Waals surface area contributed by atoms with Gasteiger partial charge in [-0.05, 0) is 12.8 Å². The highest BCUT2D eigenvalue weighted by atomic mass is 32.2. The van der Waals surface area contributed by atoms with Crippen molar-refractivity contribution < 1.29 is 23.4 Å². The summed E-state index contributed by atoms with van der Waals surface area (Å²) < 4.78 is 23.8. The summed E-state index contributed by atoms with van der Waals surface area (Å²) in [5, 5.41) is 7.06. The van der Waals surface area contributed by atoms with Gasteiger partial charge in [0.2, 0.25) is 0 Å². The molecule has 0 aromatic rings. The Balaban J connectivity index is 3.90. The second-order valence-electron chi connectivity index (χ2n) is 5.15. The zero-order chi connectivity index (χ0) is 15.4. The first-order chi connectivity index (χ1) is 9.49. The summed E-state index contributed by atoms with van der Waals surface area (Å²) in [4.78, 5) is 14.7. The van der Waals surface area contributed by atoms with Gasteiger partial charge in [0.1, 0.15) is 0 Å². The Bertz CT molecular complexity index is 351. The van der Waals surface area contributed by atoms with E-state index in [4.69, 9.17) is 5.26 Å². The van der Waals surface area contributed by atoms with Gasteiger partial charge >= 0.3 is 5.97 Å².